The Kier molecular flexibility index (Phi) is 3.40. The molecular weight excluding hydrogens is 260 g/mol. The van der Waals surface area contributed by atoms with Gasteiger partial charge in [-0.2, -0.15) is 0 Å². The predicted octanol–water partition coefficient (Wildman–Crippen LogP) is 3.55. The van der Waals surface area contributed by atoms with Crippen LogP contribution in [-0.4, -0.2) is 14.7 Å². The highest BCUT2D eigenvalue weighted by molar-refractivity contribution is 5.34. The van der Waals surface area contributed by atoms with Crippen LogP contribution in [0.5, 0.6) is 0 Å². The number of aliphatic hydroxyl groups is 1. The van der Waals surface area contributed by atoms with Gasteiger partial charge in [-0.3, -0.25) is 4.98 Å². The minimum atomic E-state index is -0.333. The molecule has 0 saturated carbocycles. The Labute approximate surface area is 126 Å². The summed E-state index contributed by atoms with van der Waals surface area (Å²) in [7, 11) is 0. The lowest BCUT2D eigenvalue weighted by Gasteiger charge is -2.34. The van der Waals surface area contributed by atoms with Crippen LogP contribution in [-0.2, 0) is 13.0 Å². The number of nitrogens with zero attached hydrogens (tertiary/aromatic N) is 2. The first-order chi connectivity index (χ1) is 9.85. The molecule has 2 aromatic heterocycles. The van der Waals surface area contributed by atoms with Gasteiger partial charge in [-0.25, -0.2) is 0 Å². The van der Waals surface area contributed by atoms with E-state index >= 15 is 0 Å². The first kappa shape index (κ1) is 14.3. The van der Waals surface area contributed by atoms with Gasteiger partial charge in [0.2, 0.25) is 0 Å². The Morgan fingerprint density at radius 1 is 1.33 bits per heavy atom. The second-order valence-corrected chi connectivity index (χ2v) is 7.14. The third-order valence-corrected chi connectivity index (χ3v) is 4.51. The SMILES string of the molecule is Cc1ccc(Cn2c(C)cc3c2CC(C)(C)CC3O)cn1. The third-order valence-electron chi connectivity index (χ3n) is 4.51. The van der Waals surface area contributed by atoms with Crippen LogP contribution in [0.4, 0.5) is 0 Å². The number of fused-ring (bicyclic) bond motifs is 1. The summed E-state index contributed by atoms with van der Waals surface area (Å²) in [6.07, 6.45) is 3.48. The number of rotatable bonds is 2. The summed E-state index contributed by atoms with van der Waals surface area (Å²) in [5.74, 6) is 0. The third kappa shape index (κ3) is 2.75. The van der Waals surface area contributed by atoms with Gasteiger partial charge in [0.1, 0.15) is 0 Å². The molecule has 3 heteroatoms. The van der Waals surface area contributed by atoms with Crippen LogP contribution in [0.1, 0.15) is 54.6 Å². The van der Waals surface area contributed by atoms with Gasteiger partial charge >= 0.3 is 0 Å². The van der Waals surface area contributed by atoms with Crippen LogP contribution in [0.15, 0.2) is 24.4 Å². The average molecular weight is 284 g/mol. The molecule has 2 aromatic rings. The molecule has 0 aliphatic heterocycles. The normalized spacial score (nSPS) is 20.3. The average Bonchev–Trinajstić information content (AvgIpc) is 2.69. The molecular formula is C18H24N2O. The maximum absolute atomic E-state index is 10.4. The smallest absolute Gasteiger partial charge is 0.0812 e. The van der Waals surface area contributed by atoms with Crippen LogP contribution in [0, 0.1) is 19.3 Å². The summed E-state index contributed by atoms with van der Waals surface area (Å²) in [5, 5.41) is 10.4. The van der Waals surface area contributed by atoms with Crippen molar-refractivity contribution in [3.05, 3.63) is 52.6 Å². The summed E-state index contributed by atoms with van der Waals surface area (Å²) in [4.78, 5) is 4.38. The maximum atomic E-state index is 10.4. The van der Waals surface area contributed by atoms with E-state index in [2.05, 4.69) is 48.5 Å². The molecule has 0 saturated heterocycles. The highest BCUT2D eigenvalue weighted by Gasteiger charge is 2.33. The molecule has 0 spiro atoms. The number of aryl methyl sites for hydroxylation is 2. The molecule has 2 heterocycles. The second kappa shape index (κ2) is 4.99. The van der Waals surface area contributed by atoms with Crippen molar-refractivity contribution in [1.82, 2.24) is 9.55 Å². The van der Waals surface area contributed by atoms with Crippen LogP contribution >= 0.6 is 0 Å². The summed E-state index contributed by atoms with van der Waals surface area (Å²) >= 11 is 0. The molecule has 21 heavy (non-hydrogen) atoms. The molecule has 0 amide bonds. The van der Waals surface area contributed by atoms with Crippen molar-refractivity contribution in [2.75, 3.05) is 0 Å². The van der Waals surface area contributed by atoms with E-state index in [1.54, 1.807) is 0 Å². The number of aromatic nitrogens is 2. The maximum Gasteiger partial charge on any atom is 0.0812 e. The lowest BCUT2D eigenvalue weighted by molar-refractivity contribution is 0.0981. The fourth-order valence-electron chi connectivity index (χ4n) is 3.39. The molecule has 0 fully saturated rings. The summed E-state index contributed by atoms with van der Waals surface area (Å²) in [6, 6.07) is 6.34. The van der Waals surface area contributed by atoms with E-state index in [4.69, 9.17) is 0 Å². The standard InChI is InChI=1S/C18H24N2O/c1-12-5-6-14(10-19-12)11-20-13(2)7-15-16(20)8-18(3,4)9-17(15)21/h5-7,10,17,21H,8-9,11H2,1-4H3. The molecule has 1 aliphatic rings. The number of pyridine rings is 1. The summed E-state index contributed by atoms with van der Waals surface area (Å²) in [6.45, 7) is 9.43. The summed E-state index contributed by atoms with van der Waals surface area (Å²) < 4.78 is 2.34. The monoisotopic (exact) mass is 284 g/mol. The van der Waals surface area contributed by atoms with E-state index < -0.39 is 0 Å². The fraction of sp³-hybridized carbons (Fsp3) is 0.500. The largest absolute Gasteiger partial charge is 0.388 e. The van der Waals surface area contributed by atoms with Crippen molar-refractivity contribution >= 4 is 0 Å². The highest BCUT2D eigenvalue weighted by Crippen LogP contribution is 2.42. The Bertz CT molecular complexity index is 653. The van der Waals surface area contributed by atoms with Crippen molar-refractivity contribution in [1.29, 1.82) is 0 Å². The minimum Gasteiger partial charge on any atom is -0.388 e. The van der Waals surface area contributed by atoms with Gasteiger partial charge in [0.25, 0.3) is 0 Å². The highest BCUT2D eigenvalue weighted by atomic mass is 16.3. The van der Waals surface area contributed by atoms with E-state index in [1.165, 1.54) is 17.0 Å². The lowest BCUT2D eigenvalue weighted by Crippen LogP contribution is -2.27. The first-order valence-electron chi connectivity index (χ1n) is 7.64. The zero-order chi connectivity index (χ0) is 15.2. The van der Waals surface area contributed by atoms with Crippen molar-refractivity contribution in [3.8, 4) is 0 Å². The lowest BCUT2D eigenvalue weighted by atomic mass is 9.75. The quantitative estimate of drug-likeness (QED) is 0.915. The predicted molar refractivity (Wildman–Crippen MR) is 84.3 cm³/mol. The molecule has 1 unspecified atom stereocenters. The minimum absolute atomic E-state index is 0.153. The van der Waals surface area contributed by atoms with Crippen LogP contribution in [0.25, 0.3) is 0 Å². The molecule has 1 atom stereocenters. The van der Waals surface area contributed by atoms with Crippen molar-refractivity contribution in [3.63, 3.8) is 0 Å². The fourth-order valence-corrected chi connectivity index (χ4v) is 3.39. The van der Waals surface area contributed by atoms with Gasteiger partial charge in [0.15, 0.2) is 0 Å². The van der Waals surface area contributed by atoms with Crippen LogP contribution in [0.2, 0.25) is 0 Å². The van der Waals surface area contributed by atoms with Gasteiger partial charge in [-0.15, -0.1) is 0 Å². The van der Waals surface area contributed by atoms with E-state index in [0.29, 0.717) is 0 Å². The molecule has 3 rings (SSSR count). The van der Waals surface area contributed by atoms with Gasteiger partial charge < -0.3 is 9.67 Å². The van der Waals surface area contributed by atoms with Gasteiger partial charge in [0.05, 0.1) is 6.10 Å². The Hall–Kier alpha value is -1.61. The number of hydrogen-bond donors (Lipinski definition) is 1. The van der Waals surface area contributed by atoms with Crippen LogP contribution < -0.4 is 0 Å². The van der Waals surface area contributed by atoms with Gasteiger partial charge in [-0.05, 0) is 49.8 Å². The van der Waals surface area contributed by atoms with E-state index in [9.17, 15) is 5.11 Å². The van der Waals surface area contributed by atoms with Crippen molar-refractivity contribution in [2.45, 2.75) is 53.2 Å². The first-order valence-corrected chi connectivity index (χ1v) is 7.64. The zero-order valence-corrected chi connectivity index (χ0v) is 13.3. The Balaban J connectivity index is 1.98. The molecule has 0 radical (unpaired) electrons. The van der Waals surface area contributed by atoms with Gasteiger partial charge in [-0.1, -0.05) is 19.9 Å². The van der Waals surface area contributed by atoms with Crippen molar-refractivity contribution < 1.29 is 5.11 Å². The Morgan fingerprint density at radius 3 is 2.76 bits per heavy atom. The van der Waals surface area contributed by atoms with Crippen molar-refractivity contribution in [2.24, 2.45) is 5.41 Å². The summed E-state index contributed by atoms with van der Waals surface area (Å²) in [5.41, 5.74) is 6.03. The van der Waals surface area contributed by atoms with E-state index in [0.717, 1.165) is 30.6 Å². The molecule has 112 valence electrons. The topological polar surface area (TPSA) is 38.0 Å². The Morgan fingerprint density at radius 2 is 2.10 bits per heavy atom. The second-order valence-electron chi connectivity index (χ2n) is 7.14. The van der Waals surface area contributed by atoms with E-state index in [1.807, 2.05) is 13.1 Å². The number of aliphatic hydroxyl groups excluding tert-OH is 1. The molecule has 0 aromatic carbocycles. The van der Waals surface area contributed by atoms with Gasteiger partial charge in [0, 0.05) is 35.4 Å². The molecule has 3 nitrogen and oxygen atoms in total. The molecule has 1 aliphatic carbocycles. The molecule has 0 bridgehead atoms. The zero-order valence-electron chi connectivity index (χ0n) is 13.3. The van der Waals surface area contributed by atoms with E-state index in [-0.39, 0.29) is 11.5 Å². The molecule has 1 N–H and O–H groups in total. The van der Waals surface area contributed by atoms with Crippen LogP contribution in [0.3, 0.4) is 0 Å². The number of hydrogen-bond acceptors (Lipinski definition) is 2.